The summed E-state index contributed by atoms with van der Waals surface area (Å²) in [5.74, 6) is 0.886. The highest BCUT2D eigenvalue weighted by Crippen LogP contribution is 2.38. The summed E-state index contributed by atoms with van der Waals surface area (Å²) in [7, 11) is 1.73. The first kappa shape index (κ1) is 22.1. The smallest absolute Gasteiger partial charge is 0.127 e. The van der Waals surface area contributed by atoms with Crippen molar-refractivity contribution in [2.45, 2.75) is 6.54 Å². The maximum absolute atomic E-state index is 6.11. The molecule has 2 N–H and O–H groups in total. The third-order valence-corrected chi connectivity index (χ3v) is 7.00. The molecule has 0 heterocycles. The average Bonchev–Trinajstić information content (AvgIpc) is 2.96. The Morgan fingerprint density at radius 2 is 1.11 bits per heavy atom. The summed E-state index contributed by atoms with van der Waals surface area (Å²) in [4.78, 5) is 0. The molecule has 0 aliphatic carbocycles. The molecule has 0 unspecified atom stereocenters. The zero-order chi connectivity index (χ0) is 24.5. The summed E-state index contributed by atoms with van der Waals surface area (Å²) in [6, 6.07) is 43.0. The Morgan fingerprint density at radius 3 is 1.75 bits per heavy atom. The second-order valence-corrected chi connectivity index (χ2v) is 9.08. The van der Waals surface area contributed by atoms with E-state index in [2.05, 4.69) is 115 Å². The maximum atomic E-state index is 6.11. The van der Waals surface area contributed by atoms with Gasteiger partial charge in [0.1, 0.15) is 5.75 Å². The van der Waals surface area contributed by atoms with Gasteiger partial charge in [-0.1, -0.05) is 103 Å². The minimum absolute atomic E-state index is 0.515. The number of benzene rings is 6. The van der Waals surface area contributed by atoms with Crippen LogP contribution in [0.1, 0.15) is 5.56 Å². The monoisotopic (exact) mass is 465 g/mol. The van der Waals surface area contributed by atoms with Crippen LogP contribution >= 0.6 is 0 Å². The van der Waals surface area contributed by atoms with E-state index >= 15 is 0 Å². The number of methoxy groups -OCH3 is 1. The zero-order valence-corrected chi connectivity index (χ0v) is 20.2. The van der Waals surface area contributed by atoms with Crippen LogP contribution in [0, 0.1) is 0 Å². The van der Waals surface area contributed by atoms with Gasteiger partial charge in [0.15, 0.2) is 0 Å². The first-order chi connectivity index (χ1) is 17.7. The predicted octanol–water partition coefficient (Wildman–Crippen LogP) is 8.46. The molecule has 0 aliphatic heterocycles. The van der Waals surface area contributed by atoms with Crippen LogP contribution in [0.25, 0.3) is 54.9 Å². The highest BCUT2D eigenvalue weighted by atomic mass is 16.5. The van der Waals surface area contributed by atoms with Crippen molar-refractivity contribution < 1.29 is 4.74 Å². The van der Waals surface area contributed by atoms with Gasteiger partial charge in [-0.05, 0) is 73.1 Å². The van der Waals surface area contributed by atoms with E-state index in [0.29, 0.717) is 6.54 Å². The molecule has 6 aromatic carbocycles. The van der Waals surface area contributed by atoms with E-state index in [-0.39, 0.29) is 0 Å². The molecule has 0 saturated carbocycles. The molecule has 2 nitrogen and oxygen atoms in total. The van der Waals surface area contributed by atoms with Crippen molar-refractivity contribution in [2.24, 2.45) is 5.73 Å². The number of hydrogen-bond acceptors (Lipinski definition) is 2. The van der Waals surface area contributed by atoms with Gasteiger partial charge in [-0.2, -0.15) is 0 Å². The average molecular weight is 466 g/mol. The number of rotatable bonds is 5. The van der Waals surface area contributed by atoms with Gasteiger partial charge in [0.2, 0.25) is 0 Å². The molecule has 36 heavy (non-hydrogen) atoms. The Labute approximate surface area is 211 Å². The minimum atomic E-state index is 0.515. The molecule has 0 amide bonds. The first-order valence-corrected chi connectivity index (χ1v) is 12.2. The molecule has 0 spiro atoms. The van der Waals surface area contributed by atoms with Crippen LogP contribution < -0.4 is 10.5 Å². The van der Waals surface area contributed by atoms with Crippen LogP contribution in [0.15, 0.2) is 121 Å². The molecular formula is C34H27NO. The van der Waals surface area contributed by atoms with E-state index in [9.17, 15) is 0 Å². The number of ether oxygens (including phenoxy) is 1. The van der Waals surface area contributed by atoms with E-state index in [1.165, 1.54) is 43.8 Å². The molecular weight excluding hydrogens is 438 g/mol. The van der Waals surface area contributed by atoms with Gasteiger partial charge in [0.25, 0.3) is 0 Å². The highest BCUT2D eigenvalue weighted by molar-refractivity contribution is 6.00. The molecule has 0 fully saturated rings. The summed E-state index contributed by atoms with van der Waals surface area (Å²) in [5.41, 5.74) is 14.3. The molecule has 0 aliphatic rings. The lowest BCUT2D eigenvalue weighted by Gasteiger charge is -2.14. The molecule has 174 valence electrons. The lowest BCUT2D eigenvalue weighted by atomic mass is 9.93. The zero-order valence-electron chi connectivity index (χ0n) is 20.2. The van der Waals surface area contributed by atoms with Crippen LogP contribution in [0.2, 0.25) is 0 Å². The molecule has 0 bridgehead atoms. The van der Waals surface area contributed by atoms with Crippen molar-refractivity contribution in [2.75, 3.05) is 7.11 Å². The second-order valence-electron chi connectivity index (χ2n) is 9.08. The van der Waals surface area contributed by atoms with Crippen LogP contribution in [-0.4, -0.2) is 7.11 Å². The SMILES string of the molecule is COc1ccc2ccccc2c1-c1ccc(-c2ccc(-c3cc4ccccc4cc3CN)cc2)cc1. The Morgan fingerprint density at radius 1 is 0.556 bits per heavy atom. The number of hydrogen-bond donors (Lipinski definition) is 1. The van der Waals surface area contributed by atoms with E-state index < -0.39 is 0 Å². The Balaban J connectivity index is 1.35. The standard InChI is InChI=1S/C34H27NO/c1-36-33-19-18-25-6-4-5-9-31(25)34(33)27-16-12-24(13-17-27)23-10-14-26(15-11-23)32-21-29-8-3-2-7-28(29)20-30(32)22-35/h2-21H,22,35H2,1H3. The largest absolute Gasteiger partial charge is 0.496 e. The lowest BCUT2D eigenvalue weighted by molar-refractivity contribution is 0.417. The Hall–Kier alpha value is -4.40. The summed E-state index contributed by atoms with van der Waals surface area (Å²) in [6.45, 7) is 0.515. The predicted molar refractivity (Wildman–Crippen MR) is 152 cm³/mol. The first-order valence-electron chi connectivity index (χ1n) is 12.2. The topological polar surface area (TPSA) is 35.2 Å². The summed E-state index contributed by atoms with van der Waals surface area (Å²) in [5, 5.41) is 4.85. The van der Waals surface area contributed by atoms with Gasteiger partial charge in [-0.3, -0.25) is 0 Å². The van der Waals surface area contributed by atoms with Gasteiger partial charge < -0.3 is 10.5 Å². The Bertz CT molecular complexity index is 1680. The maximum Gasteiger partial charge on any atom is 0.127 e. The normalized spacial score (nSPS) is 11.2. The fraction of sp³-hybridized carbons (Fsp3) is 0.0588. The van der Waals surface area contributed by atoms with Crippen LogP contribution in [0.5, 0.6) is 5.75 Å². The van der Waals surface area contributed by atoms with Crippen molar-refractivity contribution in [3.8, 4) is 39.1 Å². The fourth-order valence-electron chi connectivity index (χ4n) is 5.12. The third-order valence-electron chi connectivity index (χ3n) is 7.00. The Kier molecular flexibility index (Phi) is 5.73. The lowest BCUT2D eigenvalue weighted by Crippen LogP contribution is -1.99. The quantitative estimate of drug-likeness (QED) is 0.277. The summed E-state index contributed by atoms with van der Waals surface area (Å²) >= 11 is 0. The van der Waals surface area contributed by atoms with Gasteiger partial charge >= 0.3 is 0 Å². The van der Waals surface area contributed by atoms with Crippen molar-refractivity contribution in [3.05, 3.63) is 127 Å². The molecule has 0 aromatic heterocycles. The third kappa shape index (κ3) is 3.92. The molecule has 0 saturated heterocycles. The van der Waals surface area contributed by atoms with Crippen molar-refractivity contribution in [1.82, 2.24) is 0 Å². The summed E-state index contributed by atoms with van der Waals surface area (Å²) < 4.78 is 5.71. The van der Waals surface area contributed by atoms with Gasteiger partial charge in [0.05, 0.1) is 7.11 Å². The second kappa shape index (κ2) is 9.33. The molecule has 2 heteroatoms. The van der Waals surface area contributed by atoms with Crippen LogP contribution in [0.3, 0.4) is 0 Å². The van der Waals surface area contributed by atoms with Crippen molar-refractivity contribution in [3.63, 3.8) is 0 Å². The number of fused-ring (bicyclic) bond motifs is 2. The van der Waals surface area contributed by atoms with Gasteiger partial charge in [-0.15, -0.1) is 0 Å². The molecule has 6 aromatic rings. The van der Waals surface area contributed by atoms with Crippen molar-refractivity contribution >= 4 is 21.5 Å². The summed E-state index contributed by atoms with van der Waals surface area (Å²) in [6.07, 6.45) is 0. The molecule has 6 rings (SSSR count). The van der Waals surface area contributed by atoms with Crippen molar-refractivity contribution in [1.29, 1.82) is 0 Å². The van der Waals surface area contributed by atoms with Crippen LogP contribution in [0.4, 0.5) is 0 Å². The molecule has 0 radical (unpaired) electrons. The van der Waals surface area contributed by atoms with E-state index in [4.69, 9.17) is 10.5 Å². The van der Waals surface area contributed by atoms with Gasteiger partial charge in [0, 0.05) is 12.1 Å². The number of nitrogens with two attached hydrogens (primary N) is 1. The van der Waals surface area contributed by atoms with E-state index in [1.807, 2.05) is 6.07 Å². The van der Waals surface area contributed by atoms with E-state index in [1.54, 1.807) is 7.11 Å². The molecule has 0 atom stereocenters. The fourth-order valence-corrected chi connectivity index (χ4v) is 5.12. The highest BCUT2D eigenvalue weighted by Gasteiger charge is 2.11. The minimum Gasteiger partial charge on any atom is -0.496 e. The van der Waals surface area contributed by atoms with Gasteiger partial charge in [-0.25, -0.2) is 0 Å². The van der Waals surface area contributed by atoms with E-state index in [0.717, 1.165) is 22.4 Å². The van der Waals surface area contributed by atoms with Crippen LogP contribution in [-0.2, 0) is 6.54 Å².